The van der Waals surface area contributed by atoms with Gasteiger partial charge in [0.05, 0.1) is 18.2 Å². The van der Waals surface area contributed by atoms with Crippen LogP contribution >= 0.6 is 0 Å². The van der Waals surface area contributed by atoms with Crippen LogP contribution in [0.3, 0.4) is 0 Å². The van der Waals surface area contributed by atoms with Crippen molar-refractivity contribution in [2.24, 2.45) is 5.41 Å². The van der Waals surface area contributed by atoms with Crippen LogP contribution in [0.15, 0.2) is 71.8 Å². The van der Waals surface area contributed by atoms with Gasteiger partial charge in [0.15, 0.2) is 22.7 Å². The fourth-order valence-electron chi connectivity index (χ4n) is 6.34. The molecule has 2 aromatic carbocycles. The zero-order valence-electron chi connectivity index (χ0n) is 34.5. The number of ether oxygens (including phenoxy) is 1. The molecule has 0 heterocycles. The zero-order chi connectivity index (χ0) is 39.7. The molecule has 2 aromatic rings. The third kappa shape index (κ3) is 11.2. The van der Waals surface area contributed by atoms with Crippen molar-refractivity contribution in [2.45, 2.75) is 162 Å². The summed E-state index contributed by atoms with van der Waals surface area (Å²) in [5, 5.41) is 26.2. The Balaban J connectivity index is 2.50. The summed E-state index contributed by atoms with van der Waals surface area (Å²) in [6, 6.07) is 20.4. The van der Waals surface area contributed by atoms with Gasteiger partial charge >= 0.3 is 5.97 Å². The van der Waals surface area contributed by atoms with E-state index in [2.05, 4.69) is 66.9 Å². The minimum Gasteiger partial charge on any atom is -0.456 e. The summed E-state index contributed by atoms with van der Waals surface area (Å²) in [6.07, 6.45) is -3.79. The molecule has 0 saturated heterocycles. The first-order valence-electron chi connectivity index (χ1n) is 19.1. The van der Waals surface area contributed by atoms with Gasteiger partial charge in [0.2, 0.25) is 0 Å². The number of benzene rings is 2. The first-order chi connectivity index (χ1) is 24.1. The molecular weight excluding hydrogens is 687 g/mol. The molecule has 292 valence electrons. The highest BCUT2D eigenvalue weighted by molar-refractivity contribution is 6.74. The minimum absolute atomic E-state index is 0.235. The Hall–Kier alpha value is -2.61. The van der Waals surface area contributed by atoms with E-state index in [-0.39, 0.29) is 17.0 Å². The van der Waals surface area contributed by atoms with Gasteiger partial charge in [-0.1, -0.05) is 111 Å². The van der Waals surface area contributed by atoms with Crippen LogP contribution in [0.1, 0.15) is 111 Å². The van der Waals surface area contributed by atoms with Crippen molar-refractivity contribution in [2.75, 3.05) is 0 Å². The summed E-state index contributed by atoms with van der Waals surface area (Å²) >= 11 is 0. The quantitative estimate of drug-likeness (QED) is 0.0744. The lowest BCUT2D eigenvalue weighted by Crippen LogP contribution is -2.52. The Kier molecular flexibility index (Phi) is 16.8. The van der Waals surface area contributed by atoms with Crippen molar-refractivity contribution in [3.05, 3.63) is 82.9 Å². The number of esters is 1. The van der Waals surface area contributed by atoms with Crippen molar-refractivity contribution in [1.29, 1.82) is 0 Å². The third-order valence-corrected chi connectivity index (χ3v) is 20.9. The SMILES string of the molecule is CCC(O[Si](CC)(CC)CC)C(C)(C)[C@@H](O)[C@@H](O)/C(C)=C(\C)[C@H](C)OC(=O)[C@H](O[Si](C)(C)C(C)(C)C)[C@@H](NC(=O)c1ccccc1)c1ccccc1. The van der Waals surface area contributed by atoms with E-state index < -0.39 is 58.5 Å². The molecule has 2 rings (SSSR count). The fraction of sp³-hybridized carbons (Fsp3) is 0.619. The standard InChI is InChI=1S/C42H69NO7Si2/c1-15-34(49-52(16-2,17-3)18-4)42(11,12)38(45)36(44)30(6)29(5)31(7)48-40(47)37(50-51(13,14)41(8,9)10)35(32-25-21-19-22-26-32)43-39(46)33-27-23-20-24-28-33/h19-28,31,34-38,44-45H,15-18H2,1-14H3,(H,43,46)/b30-29+/t31-,34?,35-,36-,37+,38-/m0/s1. The van der Waals surface area contributed by atoms with Crippen LogP contribution in [-0.2, 0) is 18.4 Å². The van der Waals surface area contributed by atoms with Gasteiger partial charge in [-0.3, -0.25) is 4.79 Å². The molecule has 0 aliphatic rings. The molecule has 0 spiro atoms. The predicted octanol–water partition coefficient (Wildman–Crippen LogP) is 9.36. The maximum absolute atomic E-state index is 14.4. The number of amides is 1. The zero-order valence-corrected chi connectivity index (χ0v) is 36.5. The molecule has 0 aliphatic heterocycles. The predicted molar refractivity (Wildman–Crippen MR) is 217 cm³/mol. The Morgan fingerprint density at radius 2 is 1.29 bits per heavy atom. The number of aliphatic hydroxyl groups is 2. The monoisotopic (exact) mass is 755 g/mol. The van der Waals surface area contributed by atoms with Gasteiger partial charge in [0, 0.05) is 11.0 Å². The number of carbonyl (C=O) groups excluding carboxylic acids is 2. The fourth-order valence-corrected chi connectivity index (χ4v) is 10.6. The molecule has 1 unspecified atom stereocenters. The Morgan fingerprint density at radius 1 is 0.788 bits per heavy atom. The maximum atomic E-state index is 14.4. The molecule has 52 heavy (non-hydrogen) atoms. The second-order valence-corrected chi connectivity index (χ2v) is 25.9. The summed E-state index contributed by atoms with van der Waals surface area (Å²) in [6.45, 7) is 28.3. The lowest BCUT2D eigenvalue weighted by atomic mass is 9.75. The van der Waals surface area contributed by atoms with E-state index in [0.717, 1.165) is 18.1 Å². The van der Waals surface area contributed by atoms with E-state index in [0.29, 0.717) is 28.7 Å². The van der Waals surface area contributed by atoms with Crippen molar-refractivity contribution in [3.8, 4) is 0 Å². The number of rotatable bonds is 19. The molecule has 10 heteroatoms. The highest BCUT2D eigenvalue weighted by Crippen LogP contribution is 2.40. The van der Waals surface area contributed by atoms with Gasteiger partial charge in [-0.25, -0.2) is 4.79 Å². The molecule has 0 aromatic heterocycles. The topological polar surface area (TPSA) is 114 Å². The van der Waals surface area contributed by atoms with Gasteiger partial charge in [-0.15, -0.1) is 0 Å². The maximum Gasteiger partial charge on any atom is 0.337 e. The summed E-state index contributed by atoms with van der Waals surface area (Å²) in [5.74, 6) is -0.960. The first kappa shape index (κ1) is 45.6. The summed E-state index contributed by atoms with van der Waals surface area (Å²) in [4.78, 5) is 28.0. The second kappa shape index (κ2) is 19.1. The third-order valence-electron chi connectivity index (χ3n) is 11.8. The normalized spacial score (nSPS) is 16.9. The van der Waals surface area contributed by atoms with Gasteiger partial charge in [0.25, 0.3) is 5.91 Å². The average Bonchev–Trinajstić information content (AvgIpc) is 3.12. The van der Waals surface area contributed by atoms with Crippen LogP contribution in [0, 0.1) is 5.41 Å². The molecule has 0 fully saturated rings. The largest absolute Gasteiger partial charge is 0.456 e. The number of aliphatic hydroxyl groups excluding tert-OH is 2. The lowest BCUT2D eigenvalue weighted by Gasteiger charge is -2.44. The number of hydrogen-bond acceptors (Lipinski definition) is 7. The number of nitrogens with one attached hydrogen (secondary N) is 1. The van der Waals surface area contributed by atoms with Gasteiger partial charge in [0.1, 0.15) is 12.2 Å². The van der Waals surface area contributed by atoms with E-state index in [1.165, 1.54) is 0 Å². The summed E-state index contributed by atoms with van der Waals surface area (Å²) in [7, 11) is -4.58. The molecule has 0 radical (unpaired) electrons. The van der Waals surface area contributed by atoms with E-state index in [1.807, 2.05) is 57.2 Å². The molecule has 8 nitrogen and oxygen atoms in total. The van der Waals surface area contributed by atoms with Crippen molar-refractivity contribution < 1.29 is 33.4 Å². The molecule has 0 saturated carbocycles. The summed E-state index contributed by atoms with van der Waals surface area (Å²) < 4.78 is 19.9. The number of carbonyl (C=O) groups is 2. The van der Waals surface area contributed by atoms with E-state index >= 15 is 0 Å². The molecule has 6 atom stereocenters. The first-order valence-corrected chi connectivity index (χ1v) is 24.6. The molecule has 0 aliphatic carbocycles. The molecule has 3 N–H and O–H groups in total. The van der Waals surface area contributed by atoms with Gasteiger partial charge < -0.3 is 29.1 Å². The lowest BCUT2D eigenvalue weighted by molar-refractivity contribution is -0.157. The van der Waals surface area contributed by atoms with Crippen LogP contribution < -0.4 is 5.32 Å². The smallest absolute Gasteiger partial charge is 0.337 e. The Labute approximate surface area is 317 Å². The van der Waals surface area contributed by atoms with Crippen LogP contribution in [0.5, 0.6) is 0 Å². The van der Waals surface area contributed by atoms with Gasteiger partial charge in [-0.2, -0.15) is 0 Å². The van der Waals surface area contributed by atoms with Gasteiger partial charge in [-0.05, 0) is 92.3 Å². The highest BCUT2D eigenvalue weighted by Gasteiger charge is 2.46. The second-order valence-electron chi connectivity index (χ2n) is 16.4. The summed E-state index contributed by atoms with van der Waals surface area (Å²) in [5.41, 5.74) is 1.57. The van der Waals surface area contributed by atoms with Crippen molar-refractivity contribution in [3.63, 3.8) is 0 Å². The van der Waals surface area contributed by atoms with Crippen LogP contribution in [0.4, 0.5) is 0 Å². The molecule has 0 bridgehead atoms. The van der Waals surface area contributed by atoms with E-state index in [4.69, 9.17) is 13.6 Å². The average molecular weight is 756 g/mol. The van der Waals surface area contributed by atoms with Crippen LogP contribution in [0.25, 0.3) is 0 Å². The van der Waals surface area contributed by atoms with Crippen molar-refractivity contribution in [1.82, 2.24) is 5.32 Å². The van der Waals surface area contributed by atoms with E-state index in [9.17, 15) is 19.8 Å². The molecular formula is C42H69NO7Si2. The Morgan fingerprint density at radius 3 is 1.75 bits per heavy atom. The minimum atomic E-state index is -2.60. The van der Waals surface area contributed by atoms with Crippen molar-refractivity contribution >= 4 is 28.5 Å². The van der Waals surface area contributed by atoms with E-state index in [1.54, 1.807) is 38.1 Å². The number of hydrogen-bond donors (Lipinski definition) is 3. The Bertz CT molecular complexity index is 1440. The highest BCUT2D eigenvalue weighted by atomic mass is 28.4. The molecule has 1 amide bonds. The van der Waals surface area contributed by atoms with Crippen LogP contribution in [0.2, 0.25) is 36.3 Å². The van der Waals surface area contributed by atoms with Crippen LogP contribution in [-0.4, -0.2) is 69.2 Å².